The van der Waals surface area contributed by atoms with Crippen LogP contribution < -0.4 is 11.2 Å². The average molecular weight is 308 g/mol. The highest BCUT2D eigenvalue weighted by Crippen LogP contribution is 2.36. The van der Waals surface area contributed by atoms with Gasteiger partial charge in [0.25, 0.3) is 0 Å². The van der Waals surface area contributed by atoms with Crippen molar-refractivity contribution in [3.63, 3.8) is 0 Å². The van der Waals surface area contributed by atoms with E-state index < -0.39 is 34.3 Å². The molecule has 1 aliphatic heterocycles. The van der Waals surface area contributed by atoms with Crippen LogP contribution in [0.15, 0.2) is 4.79 Å². The number of nitrogens with two attached hydrogens (primary N) is 1. The lowest BCUT2D eigenvalue weighted by Crippen LogP contribution is -2.24. The van der Waals surface area contributed by atoms with Crippen LogP contribution in [0, 0.1) is 18.6 Å². The number of aryl methyl sites for hydroxylation is 1. The van der Waals surface area contributed by atoms with Crippen LogP contribution in [-0.2, 0) is 6.42 Å². The minimum Gasteiger partial charge on any atom is -0.477 e. The van der Waals surface area contributed by atoms with Crippen LogP contribution in [0.3, 0.4) is 0 Å². The van der Waals surface area contributed by atoms with E-state index in [4.69, 9.17) is 5.73 Å². The van der Waals surface area contributed by atoms with E-state index in [9.17, 15) is 23.5 Å². The minimum atomic E-state index is -1.38. The van der Waals surface area contributed by atoms with Gasteiger partial charge in [0.2, 0.25) is 5.43 Å². The van der Waals surface area contributed by atoms with Crippen LogP contribution in [-0.4, -0.2) is 15.6 Å². The number of anilines is 1. The van der Waals surface area contributed by atoms with Crippen molar-refractivity contribution in [3.05, 3.63) is 38.7 Å². The van der Waals surface area contributed by atoms with E-state index in [-0.39, 0.29) is 22.5 Å². The molecule has 1 aliphatic rings. The van der Waals surface area contributed by atoms with Crippen LogP contribution >= 0.6 is 0 Å². The van der Waals surface area contributed by atoms with Gasteiger partial charge in [0.1, 0.15) is 5.56 Å². The smallest absolute Gasteiger partial charge is 0.341 e. The molecule has 3 N–H and O–H groups in total. The van der Waals surface area contributed by atoms with Crippen molar-refractivity contribution in [2.45, 2.75) is 32.7 Å². The molecule has 1 aromatic carbocycles. The lowest BCUT2D eigenvalue weighted by Gasteiger charge is -2.19. The number of carboxylic acids is 1. The van der Waals surface area contributed by atoms with Crippen LogP contribution in [0.5, 0.6) is 0 Å². The van der Waals surface area contributed by atoms with Crippen LogP contribution in [0.4, 0.5) is 14.5 Å². The van der Waals surface area contributed by atoms with Gasteiger partial charge in [-0.15, -0.1) is 0 Å². The van der Waals surface area contributed by atoms with Crippen molar-refractivity contribution in [3.8, 4) is 0 Å². The van der Waals surface area contributed by atoms with E-state index >= 15 is 0 Å². The third kappa shape index (κ3) is 1.62. The Morgan fingerprint density at radius 3 is 2.59 bits per heavy atom. The van der Waals surface area contributed by atoms with E-state index in [0.29, 0.717) is 18.5 Å². The Morgan fingerprint density at radius 1 is 1.36 bits per heavy atom. The first kappa shape index (κ1) is 14.5. The van der Waals surface area contributed by atoms with E-state index in [1.165, 1.54) is 6.92 Å². The molecule has 116 valence electrons. The zero-order valence-corrected chi connectivity index (χ0v) is 12.0. The second-order valence-corrected chi connectivity index (χ2v) is 5.60. The highest BCUT2D eigenvalue weighted by Gasteiger charge is 2.32. The molecule has 0 aliphatic carbocycles. The Morgan fingerprint density at radius 2 is 2.00 bits per heavy atom. The molecule has 0 saturated heterocycles. The summed E-state index contributed by atoms with van der Waals surface area (Å²) < 4.78 is 29.5. The Kier molecular flexibility index (Phi) is 2.98. The first-order valence-corrected chi connectivity index (χ1v) is 6.84. The summed E-state index contributed by atoms with van der Waals surface area (Å²) in [5.41, 5.74) is 4.16. The molecule has 22 heavy (non-hydrogen) atoms. The number of benzene rings is 1. The number of aromatic nitrogens is 1. The largest absolute Gasteiger partial charge is 0.477 e. The molecule has 2 heterocycles. The maximum Gasteiger partial charge on any atom is 0.341 e. The first-order chi connectivity index (χ1) is 10.3. The van der Waals surface area contributed by atoms with Gasteiger partial charge in [-0.25, -0.2) is 13.6 Å². The van der Waals surface area contributed by atoms with Crippen molar-refractivity contribution < 1.29 is 18.7 Å². The third-order valence-corrected chi connectivity index (χ3v) is 4.35. The molecular formula is C15H14F2N2O3. The standard InChI is InChI=1S/C15H14F2N2O3/c1-5-3-4-7-8(15(21)22)14(20)9-12(18)11(17)10(16)6(2)13(9)19(5)7/h5H,3-4,18H2,1-2H3,(H,21,22)/t5-/m1/s1. The van der Waals surface area contributed by atoms with Crippen molar-refractivity contribution in [1.82, 2.24) is 4.57 Å². The molecule has 1 aromatic heterocycles. The Bertz CT molecular complexity index is 903. The predicted octanol–water partition coefficient (Wildman–Crippen LogP) is 2.38. The quantitative estimate of drug-likeness (QED) is 0.792. The number of carboxylic acid groups (broad SMARTS) is 1. The Hall–Kier alpha value is -2.44. The number of halogens is 2. The molecule has 0 saturated carbocycles. The number of fused-ring (bicyclic) bond motifs is 3. The number of nitrogens with zero attached hydrogens (tertiary/aromatic N) is 1. The highest BCUT2D eigenvalue weighted by molar-refractivity contribution is 6.00. The van der Waals surface area contributed by atoms with Gasteiger partial charge in [-0.2, -0.15) is 0 Å². The van der Waals surface area contributed by atoms with Crippen LogP contribution in [0.25, 0.3) is 10.9 Å². The van der Waals surface area contributed by atoms with E-state index in [2.05, 4.69) is 0 Å². The lowest BCUT2D eigenvalue weighted by molar-refractivity contribution is 0.0694. The van der Waals surface area contributed by atoms with Gasteiger partial charge in [-0.3, -0.25) is 4.79 Å². The molecule has 1 atom stereocenters. The zero-order valence-electron chi connectivity index (χ0n) is 12.0. The van der Waals surface area contributed by atoms with E-state index in [0.717, 1.165) is 0 Å². The number of nitrogen functional groups attached to an aromatic ring is 1. The molecule has 2 aromatic rings. The zero-order chi connectivity index (χ0) is 16.3. The number of aromatic carboxylic acids is 1. The van der Waals surface area contributed by atoms with Gasteiger partial charge in [0, 0.05) is 17.3 Å². The summed E-state index contributed by atoms with van der Waals surface area (Å²) in [5, 5.41) is 9.08. The van der Waals surface area contributed by atoms with Crippen molar-refractivity contribution in [1.29, 1.82) is 0 Å². The molecule has 0 spiro atoms. The summed E-state index contributed by atoms with van der Waals surface area (Å²) in [4.78, 5) is 24.0. The number of carbonyl (C=O) groups is 1. The molecule has 0 fully saturated rings. The predicted molar refractivity (Wildman–Crippen MR) is 77.3 cm³/mol. The first-order valence-electron chi connectivity index (χ1n) is 6.84. The minimum absolute atomic E-state index is 0.0364. The molecule has 0 bridgehead atoms. The Labute approximate surface area is 124 Å². The van der Waals surface area contributed by atoms with Gasteiger partial charge < -0.3 is 15.4 Å². The van der Waals surface area contributed by atoms with Crippen molar-refractivity contribution >= 4 is 22.6 Å². The normalized spacial score (nSPS) is 17.0. The summed E-state index contributed by atoms with van der Waals surface area (Å²) in [5.74, 6) is -3.81. The highest BCUT2D eigenvalue weighted by atomic mass is 19.2. The van der Waals surface area contributed by atoms with Gasteiger partial charge >= 0.3 is 5.97 Å². The molecule has 0 amide bonds. The molecule has 0 unspecified atom stereocenters. The van der Waals surface area contributed by atoms with Gasteiger partial charge in [-0.1, -0.05) is 0 Å². The molecule has 0 radical (unpaired) electrons. The number of hydrogen-bond donors (Lipinski definition) is 2. The van der Waals surface area contributed by atoms with E-state index in [1.807, 2.05) is 6.92 Å². The molecule has 7 heteroatoms. The van der Waals surface area contributed by atoms with Crippen LogP contribution in [0.2, 0.25) is 0 Å². The van der Waals surface area contributed by atoms with Crippen molar-refractivity contribution in [2.24, 2.45) is 0 Å². The van der Waals surface area contributed by atoms with Crippen LogP contribution in [0.1, 0.15) is 41.0 Å². The van der Waals surface area contributed by atoms with Gasteiger partial charge in [0.05, 0.1) is 16.6 Å². The monoisotopic (exact) mass is 308 g/mol. The summed E-state index contributed by atoms with van der Waals surface area (Å²) in [6, 6.07) is -0.126. The second kappa shape index (κ2) is 4.53. The fraction of sp³-hybridized carbons (Fsp3) is 0.333. The molecule has 5 nitrogen and oxygen atoms in total. The topological polar surface area (TPSA) is 85.3 Å². The Balaban J connectivity index is 2.70. The van der Waals surface area contributed by atoms with Gasteiger partial charge in [0.15, 0.2) is 11.6 Å². The third-order valence-electron chi connectivity index (χ3n) is 4.35. The van der Waals surface area contributed by atoms with Gasteiger partial charge in [-0.05, 0) is 26.7 Å². The number of hydrogen-bond acceptors (Lipinski definition) is 3. The number of rotatable bonds is 1. The molecular weight excluding hydrogens is 294 g/mol. The summed E-state index contributed by atoms with van der Waals surface area (Å²) in [6.45, 7) is 3.20. The molecule has 3 rings (SSSR count). The maximum absolute atomic E-state index is 14.0. The fourth-order valence-corrected chi connectivity index (χ4v) is 3.28. The maximum atomic E-state index is 14.0. The second-order valence-electron chi connectivity index (χ2n) is 5.60. The SMILES string of the molecule is Cc1c(F)c(F)c(N)c2c(=O)c(C(=O)O)c3n(c12)[C@H](C)CC3. The average Bonchev–Trinajstić information content (AvgIpc) is 2.82. The van der Waals surface area contributed by atoms with E-state index in [1.54, 1.807) is 4.57 Å². The summed E-state index contributed by atoms with van der Waals surface area (Å²) in [7, 11) is 0. The summed E-state index contributed by atoms with van der Waals surface area (Å²) in [6.07, 6.45) is 1.02. The summed E-state index contributed by atoms with van der Waals surface area (Å²) >= 11 is 0. The number of pyridine rings is 1. The lowest BCUT2D eigenvalue weighted by atomic mass is 10.0. The fourth-order valence-electron chi connectivity index (χ4n) is 3.28. The van der Waals surface area contributed by atoms with Crippen molar-refractivity contribution in [2.75, 3.05) is 5.73 Å².